The molecule has 1 heterocycles. The van der Waals surface area contributed by atoms with E-state index in [1.807, 2.05) is 0 Å². The molecule has 326 valence electrons. The van der Waals surface area contributed by atoms with E-state index in [4.69, 9.17) is 4.42 Å². The number of furan rings is 1. The quantitative estimate of drug-likeness (QED) is 0.151. The first kappa shape index (κ1) is 40.5. The molecule has 0 bridgehead atoms. The molecule has 0 aliphatic heterocycles. The molecule has 0 saturated heterocycles. The standard InChI is InChI=1S/C67H47NO/c1-44-26-40-58-59-41-27-45(2)43-62(59)67(61(58)42-44,51-18-7-4-8-19-51)52-34-28-50(29-35-52)57-22-12-23-60-65-63(24-13-25-64(65)69-66(57)60)68(53-36-30-47(31-37-53)46-14-5-3-6-15-46)54-38-32-49(33-39-54)56-21-11-17-48-16-9-10-20-55(48)56/h3-43H,1-2H3. The van der Waals surface area contributed by atoms with Gasteiger partial charge in [-0.2, -0.15) is 0 Å². The Hall–Kier alpha value is -8.72. The van der Waals surface area contributed by atoms with Crippen LogP contribution in [0.1, 0.15) is 33.4 Å². The molecule has 69 heavy (non-hydrogen) atoms. The van der Waals surface area contributed by atoms with Crippen LogP contribution in [0.5, 0.6) is 0 Å². The first-order chi connectivity index (χ1) is 34.0. The number of anilines is 3. The molecule has 2 heteroatoms. The lowest BCUT2D eigenvalue weighted by atomic mass is 9.67. The van der Waals surface area contributed by atoms with Crippen LogP contribution in [0.15, 0.2) is 253 Å². The van der Waals surface area contributed by atoms with Crippen LogP contribution in [0.25, 0.3) is 77.2 Å². The molecule has 0 radical (unpaired) electrons. The molecular weight excluding hydrogens is 835 g/mol. The van der Waals surface area contributed by atoms with E-state index in [1.165, 1.54) is 77.5 Å². The fraction of sp³-hybridized carbons (Fsp3) is 0.0448. The first-order valence-electron chi connectivity index (χ1n) is 23.9. The Morgan fingerprint density at radius 1 is 0.362 bits per heavy atom. The first-order valence-corrected chi connectivity index (χ1v) is 23.9. The Balaban J connectivity index is 0.950. The summed E-state index contributed by atoms with van der Waals surface area (Å²) in [5.41, 5.74) is 21.6. The van der Waals surface area contributed by atoms with Crippen molar-refractivity contribution in [3.05, 3.63) is 282 Å². The SMILES string of the molecule is Cc1ccc2c(c1)C(c1ccccc1)(c1ccc(-c3cccc4c3oc3cccc(N(c5ccc(-c6ccccc6)cc5)c5ccc(-c6cccc7ccccc67)cc5)c34)cc1)c1cc(C)ccc1-2. The molecule has 1 aliphatic carbocycles. The summed E-state index contributed by atoms with van der Waals surface area (Å²) in [7, 11) is 0. The molecular formula is C67H47NO. The summed E-state index contributed by atoms with van der Waals surface area (Å²) in [5, 5.41) is 4.63. The Labute approximate surface area is 403 Å². The van der Waals surface area contributed by atoms with Crippen molar-refractivity contribution in [2.75, 3.05) is 4.90 Å². The van der Waals surface area contributed by atoms with Crippen LogP contribution >= 0.6 is 0 Å². The lowest BCUT2D eigenvalue weighted by molar-refractivity contribution is 0.670. The molecule has 0 unspecified atom stereocenters. The zero-order chi connectivity index (χ0) is 46.1. The molecule has 1 aliphatic rings. The van der Waals surface area contributed by atoms with E-state index < -0.39 is 5.41 Å². The van der Waals surface area contributed by atoms with Crippen LogP contribution in [0.3, 0.4) is 0 Å². The van der Waals surface area contributed by atoms with Crippen LogP contribution in [0.2, 0.25) is 0 Å². The number of hydrogen-bond acceptors (Lipinski definition) is 2. The van der Waals surface area contributed by atoms with Gasteiger partial charge in [0.25, 0.3) is 0 Å². The minimum absolute atomic E-state index is 0.474. The van der Waals surface area contributed by atoms with Gasteiger partial charge in [-0.05, 0) is 122 Å². The van der Waals surface area contributed by atoms with Gasteiger partial charge < -0.3 is 9.32 Å². The zero-order valence-electron chi connectivity index (χ0n) is 38.5. The summed E-state index contributed by atoms with van der Waals surface area (Å²) in [6.07, 6.45) is 0. The second-order valence-corrected chi connectivity index (χ2v) is 18.5. The van der Waals surface area contributed by atoms with Crippen molar-refractivity contribution in [1.29, 1.82) is 0 Å². The molecule has 0 amide bonds. The van der Waals surface area contributed by atoms with E-state index in [1.54, 1.807) is 0 Å². The molecule has 0 fully saturated rings. The van der Waals surface area contributed by atoms with Crippen molar-refractivity contribution >= 4 is 49.8 Å². The van der Waals surface area contributed by atoms with Gasteiger partial charge in [0.1, 0.15) is 11.2 Å². The number of nitrogens with zero attached hydrogens (tertiary/aromatic N) is 1. The number of hydrogen-bond donors (Lipinski definition) is 0. The van der Waals surface area contributed by atoms with Gasteiger partial charge in [0.15, 0.2) is 0 Å². The predicted molar refractivity (Wildman–Crippen MR) is 289 cm³/mol. The van der Waals surface area contributed by atoms with Gasteiger partial charge in [0.05, 0.1) is 16.5 Å². The average Bonchev–Trinajstić information content (AvgIpc) is 3.93. The van der Waals surface area contributed by atoms with Gasteiger partial charge in [0.2, 0.25) is 0 Å². The maximum Gasteiger partial charge on any atom is 0.143 e. The third-order valence-corrected chi connectivity index (χ3v) is 14.5. The summed E-state index contributed by atoms with van der Waals surface area (Å²) in [6.45, 7) is 4.41. The molecule has 11 aromatic carbocycles. The van der Waals surface area contributed by atoms with Gasteiger partial charge in [-0.3, -0.25) is 0 Å². The molecule has 12 aromatic rings. The summed E-state index contributed by atoms with van der Waals surface area (Å²) in [4.78, 5) is 2.38. The van der Waals surface area contributed by atoms with Gasteiger partial charge in [-0.15, -0.1) is 0 Å². The van der Waals surface area contributed by atoms with Crippen molar-refractivity contribution < 1.29 is 4.42 Å². The number of aryl methyl sites for hydroxylation is 2. The monoisotopic (exact) mass is 881 g/mol. The third kappa shape index (κ3) is 6.55. The molecule has 1 aromatic heterocycles. The minimum Gasteiger partial charge on any atom is -0.455 e. The van der Waals surface area contributed by atoms with Gasteiger partial charge >= 0.3 is 0 Å². The van der Waals surface area contributed by atoms with Crippen molar-refractivity contribution in [2.24, 2.45) is 0 Å². The van der Waals surface area contributed by atoms with E-state index in [9.17, 15) is 0 Å². The Bertz CT molecular complexity index is 3830. The van der Waals surface area contributed by atoms with E-state index in [-0.39, 0.29) is 0 Å². The van der Waals surface area contributed by atoms with Crippen LogP contribution < -0.4 is 4.90 Å². The second kappa shape index (κ2) is 16.3. The maximum absolute atomic E-state index is 7.01. The van der Waals surface area contributed by atoms with Crippen molar-refractivity contribution in [3.63, 3.8) is 0 Å². The lowest BCUT2D eigenvalue weighted by Crippen LogP contribution is -2.28. The number of para-hydroxylation sites is 1. The fourth-order valence-corrected chi connectivity index (χ4v) is 11.3. The highest BCUT2D eigenvalue weighted by molar-refractivity contribution is 6.16. The molecule has 13 rings (SSSR count). The molecule has 0 atom stereocenters. The van der Waals surface area contributed by atoms with E-state index in [2.05, 4.69) is 267 Å². The van der Waals surface area contributed by atoms with Crippen LogP contribution in [0.4, 0.5) is 17.1 Å². The van der Waals surface area contributed by atoms with Crippen molar-refractivity contribution in [3.8, 4) is 44.5 Å². The fourth-order valence-electron chi connectivity index (χ4n) is 11.3. The van der Waals surface area contributed by atoms with Crippen molar-refractivity contribution in [1.82, 2.24) is 0 Å². The summed E-state index contributed by atoms with van der Waals surface area (Å²) >= 11 is 0. The van der Waals surface area contributed by atoms with Crippen LogP contribution in [-0.4, -0.2) is 0 Å². The molecule has 0 saturated carbocycles. The van der Waals surface area contributed by atoms with E-state index in [0.717, 1.165) is 50.1 Å². The Kier molecular flexibility index (Phi) is 9.55. The molecule has 2 nitrogen and oxygen atoms in total. The minimum atomic E-state index is -0.474. The smallest absolute Gasteiger partial charge is 0.143 e. The van der Waals surface area contributed by atoms with Crippen LogP contribution in [0, 0.1) is 13.8 Å². The summed E-state index contributed by atoms with van der Waals surface area (Å²) < 4.78 is 7.01. The van der Waals surface area contributed by atoms with Gasteiger partial charge in [-0.1, -0.05) is 223 Å². The number of rotatable bonds is 8. The summed E-state index contributed by atoms with van der Waals surface area (Å²) in [5.74, 6) is 0. The highest BCUT2D eigenvalue weighted by atomic mass is 16.3. The number of fused-ring (bicyclic) bond motifs is 7. The third-order valence-electron chi connectivity index (χ3n) is 14.5. The molecule has 0 spiro atoms. The average molecular weight is 882 g/mol. The summed E-state index contributed by atoms with van der Waals surface area (Å²) in [6, 6.07) is 91.0. The number of benzene rings is 11. The Morgan fingerprint density at radius 3 is 1.57 bits per heavy atom. The normalized spacial score (nSPS) is 12.6. The van der Waals surface area contributed by atoms with E-state index >= 15 is 0 Å². The van der Waals surface area contributed by atoms with Crippen molar-refractivity contribution in [2.45, 2.75) is 19.3 Å². The zero-order valence-corrected chi connectivity index (χ0v) is 38.5. The maximum atomic E-state index is 7.01. The highest BCUT2D eigenvalue weighted by Gasteiger charge is 2.46. The Morgan fingerprint density at radius 2 is 0.870 bits per heavy atom. The largest absolute Gasteiger partial charge is 0.455 e. The lowest BCUT2D eigenvalue weighted by Gasteiger charge is -2.34. The topological polar surface area (TPSA) is 16.4 Å². The molecule has 0 N–H and O–H groups in total. The second-order valence-electron chi connectivity index (χ2n) is 18.5. The van der Waals surface area contributed by atoms with Gasteiger partial charge in [0, 0.05) is 22.3 Å². The van der Waals surface area contributed by atoms with Crippen LogP contribution in [-0.2, 0) is 5.41 Å². The van der Waals surface area contributed by atoms with Gasteiger partial charge in [-0.25, -0.2) is 0 Å². The van der Waals surface area contributed by atoms with E-state index in [0.29, 0.717) is 0 Å². The predicted octanol–water partition coefficient (Wildman–Crippen LogP) is 18.2. The highest BCUT2D eigenvalue weighted by Crippen LogP contribution is 2.57.